The van der Waals surface area contributed by atoms with Gasteiger partial charge in [-0.05, 0) is 24.1 Å². The first-order chi connectivity index (χ1) is 10.9. The summed E-state index contributed by atoms with van der Waals surface area (Å²) in [5.41, 5.74) is 0.916. The summed E-state index contributed by atoms with van der Waals surface area (Å²) in [5.74, 6) is -0.281. The van der Waals surface area contributed by atoms with Crippen molar-refractivity contribution in [2.75, 3.05) is 26.2 Å². The predicted octanol–water partition coefficient (Wildman–Crippen LogP) is 4.29. The molecule has 1 saturated heterocycles. The molecule has 1 aromatic rings. The second-order valence-corrected chi connectivity index (χ2v) is 5.36. The fraction of sp³-hybridized carbons (Fsp3) is 0.500. The molecule has 2 rings (SSSR count). The Kier molecular flexibility index (Phi) is 10.4. The Morgan fingerprint density at radius 1 is 1.16 bits per heavy atom. The molecular formula is C16H22Cl2F4N2O. The lowest BCUT2D eigenvalue weighted by atomic mass is 10.0. The molecule has 1 heterocycles. The Labute approximate surface area is 157 Å². The van der Waals surface area contributed by atoms with Crippen LogP contribution in [0, 0.1) is 0 Å². The SMILES string of the molecule is C=CC[C@@H](c1ccc(OC(F)(F)C(F)F)cc1)N1CCNCC1.Cl.Cl. The van der Waals surface area contributed by atoms with E-state index in [9.17, 15) is 17.6 Å². The first kappa shape index (κ1) is 24.0. The van der Waals surface area contributed by atoms with Crippen LogP contribution in [-0.4, -0.2) is 43.6 Å². The smallest absolute Gasteiger partial charge is 0.428 e. The average Bonchev–Trinajstić information content (AvgIpc) is 2.54. The van der Waals surface area contributed by atoms with E-state index < -0.39 is 12.5 Å². The molecule has 1 N–H and O–H groups in total. The largest absolute Gasteiger partial charge is 0.461 e. The van der Waals surface area contributed by atoms with Crippen LogP contribution < -0.4 is 10.1 Å². The molecule has 1 atom stereocenters. The molecular weight excluding hydrogens is 383 g/mol. The second kappa shape index (κ2) is 10.9. The summed E-state index contributed by atoms with van der Waals surface area (Å²) in [7, 11) is 0. The summed E-state index contributed by atoms with van der Waals surface area (Å²) in [6, 6.07) is 5.94. The molecule has 9 heteroatoms. The van der Waals surface area contributed by atoms with Crippen LogP contribution in [0.2, 0.25) is 0 Å². The van der Waals surface area contributed by atoms with Gasteiger partial charge in [-0.25, -0.2) is 0 Å². The molecule has 0 unspecified atom stereocenters. The first-order valence-corrected chi connectivity index (χ1v) is 7.44. The Morgan fingerprint density at radius 3 is 2.20 bits per heavy atom. The van der Waals surface area contributed by atoms with E-state index in [4.69, 9.17) is 0 Å². The zero-order valence-corrected chi connectivity index (χ0v) is 15.1. The van der Waals surface area contributed by atoms with Gasteiger partial charge >= 0.3 is 12.5 Å². The van der Waals surface area contributed by atoms with Crippen LogP contribution >= 0.6 is 24.8 Å². The highest BCUT2D eigenvalue weighted by molar-refractivity contribution is 5.85. The molecule has 0 aromatic heterocycles. The summed E-state index contributed by atoms with van der Waals surface area (Å²) in [4.78, 5) is 2.28. The molecule has 0 saturated carbocycles. The maximum absolute atomic E-state index is 12.9. The minimum Gasteiger partial charge on any atom is -0.428 e. The molecule has 0 spiro atoms. The van der Waals surface area contributed by atoms with Crippen LogP contribution in [0.4, 0.5) is 17.6 Å². The third-order valence-corrected chi connectivity index (χ3v) is 3.76. The number of hydrogen-bond acceptors (Lipinski definition) is 3. The van der Waals surface area contributed by atoms with E-state index in [-0.39, 0.29) is 36.6 Å². The fourth-order valence-electron chi connectivity index (χ4n) is 2.61. The molecule has 0 amide bonds. The van der Waals surface area contributed by atoms with E-state index >= 15 is 0 Å². The molecule has 1 aliphatic rings. The third kappa shape index (κ3) is 6.66. The first-order valence-electron chi connectivity index (χ1n) is 7.44. The Bertz CT molecular complexity index is 511. The van der Waals surface area contributed by atoms with Crippen LogP contribution in [0.1, 0.15) is 18.0 Å². The Balaban J connectivity index is 0.00000288. The highest BCUT2D eigenvalue weighted by Crippen LogP contribution is 2.30. The zero-order valence-electron chi connectivity index (χ0n) is 13.5. The van der Waals surface area contributed by atoms with E-state index in [1.54, 1.807) is 12.1 Å². The topological polar surface area (TPSA) is 24.5 Å². The van der Waals surface area contributed by atoms with E-state index in [2.05, 4.69) is 21.5 Å². The van der Waals surface area contributed by atoms with Gasteiger partial charge in [-0.2, -0.15) is 17.6 Å². The maximum atomic E-state index is 12.9. The number of hydrogen-bond donors (Lipinski definition) is 1. The van der Waals surface area contributed by atoms with Gasteiger partial charge in [-0.3, -0.25) is 4.90 Å². The maximum Gasteiger partial charge on any atom is 0.461 e. The van der Waals surface area contributed by atoms with Crippen LogP contribution in [-0.2, 0) is 0 Å². The van der Waals surface area contributed by atoms with Crippen LogP contribution in [0.3, 0.4) is 0 Å². The van der Waals surface area contributed by atoms with Crippen molar-refractivity contribution in [3.63, 3.8) is 0 Å². The second-order valence-electron chi connectivity index (χ2n) is 5.36. The van der Waals surface area contributed by atoms with E-state index in [1.165, 1.54) is 12.1 Å². The molecule has 144 valence electrons. The van der Waals surface area contributed by atoms with Crippen LogP contribution in [0.15, 0.2) is 36.9 Å². The highest BCUT2D eigenvalue weighted by Gasteiger charge is 2.43. The molecule has 25 heavy (non-hydrogen) atoms. The number of piperazine rings is 1. The average molecular weight is 405 g/mol. The van der Waals surface area contributed by atoms with Gasteiger partial charge in [0.2, 0.25) is 0 Å². The van der Waals surface area contributed by atoms with Crippen molar-refractivity contribution in [2.45, 2.75) is 25.0 Å². The lowest BCUT2D eigenvalue weighted by molar-refractivity contribution is -0.253. The normalized spacial score (nSPS) is 16.5. The van der Waals surface area contributed by atoms with Gasteiger partial charge in [0, 0.05) is 32.2 Å². The zero-order chi connectivity index (χ0) is 16.9. The number of alkyl halides is 4. The third-order valence-electron chi connectivity index (χ3n) is 3.76. The van der Waals surface area contributed by atoms with Crippen molar-refractivity contribution >= 4 is 24.8 Å². The van der Waals surface area contributed by atoms with Gasteiger partial charge in [0.1, 0.15) is 5.75 Å². The number of ether oxygens (including phenoxy) is 1. The Hall–Kier alpha value is -1.02. The number of rotatable bonds is 7. The quantitative estimate of drug-likeness (QED) is 0.541. The minimum absolute atomic E-state index is 0. The van der Waals surface area contributed by atoms with Crippen molar-refractivity contribution in [2.24, 2.45) is 0 Å². The summed E-state index contributed by atoms with van der Waals surface area (Å²) in [5, 5.41) is 3.27. The van der Waals surface area contributed by atoms with Crippen molar-refractivity contribution in [3.8, 4) is 5.75 Å². The van der Waals surface area contributed by atoms with Gasteiger partial charge < -0.3 is 10.1 Å². The van der Waals surface area contributed by atoms with Crippen molar-refractivity contribution in [1.29, 1.82) is 0 Å². The molecule has 0 bridgehead atoms. The highest BCUT2D eigenvalue weighted by atomic mass is 35.5. The van der Waals surface area contributed by atoms with Gasteiger partial charge in [0.25, 0.3) is 0 Å². The lowest BCUT2D eigenvalue weighted by Gasteiger charge is -2.34. The van der Waals surface area contributed by atoms with Crippen LogP contribution in [0.5, 0.6) is 5.75 Å². The van der Waals surface area contributed by atoms with Gasteiger partial charge in [-0.15, -0.1) is 31.4 Å². The molecule has 1 aromatic carbocycles. The summed E-state index contributed by atoms with van der Waals surface area (Å²) in [6.07, 6.45) is -5.83. The molecule has 1 fully saturated rings. The van der Waals surface area contributed by atoms with Crippen molar-refractivity contribution < 1.29 is 22.3 Å². The van der Waals surface area contributed by atoms with E-state index in [1.807, 2.05) is 6.08 Å². The van der Waals surface area contributed by atoms with E-state index in [0.29, 0.717) is 6.42 Å². The lowest BCUT2D eigenvalue weighted by Crippen LogP contribution is -2.45. The number of nitrogens with one attached hydrogen (secondary N) is 1. The summed E-state index contributed by atoms with van der Waals surface area (Å²) in [6.45, 7) is 7.28. The monoisotopic (exact) mass is 404 g/mol. The minimum atomic E-state index is -4.49. The van der Waals surface area contributed by atoms with Crippen molar-refractivity contribution in [1.82, 2.24) is 10.2 Å². The molecule has 0 radical (unpaired) electrons. The van der Waals surface area contributed by atoms with Crippen molar-refractivity contribution in [3.05, 3.63) is 42.5 Å². The standard InChI is InChI=1S/C16H20F4N2O.2ClH/c1-2-3-14(22-10-8-21-9-11-22)12-4-6-13(7-5-12)23-16(19,20)15(17)18;;/h2,4-7,14-15,21H,1,3,8-11H2;2*1H/t14-;;/m0../s1. The van der Waals surface area contributed by atoms with Gasteiger partial charge in [0.15, 0.2) is 0 Å². The summed E-state index contributed by atoms with van der Waals surface area (Å²) < 4.78 is 54.2. The molecule has 1 aliphatic heterocycles. The number of benzene rings is 1. The summed E-state index contributed by atoms with van der Waals surface area (Å²) >= 11 is 0. The molecule has 0 aliphatic carbocycles. The van der Waals surface area contributed by atoms with E-state index in [0.717, 1.165) is 31.7 Å². The predicted molar refractivity (Wildman–Crippen MR) is 94.5 cm³/mol. The fourth-order valence-corrected chi connectivity index (χ4v) is 2.61. The van der Waals surface area contributed by atoms with Gasteiger partial charge in [0.05, 0.1) is 0 Å². The number of halogens is 6. The van der Waals surface area contributed by atoms with Crippen LogP contribution in [0.25, 0.3) is 0 Å². The van der Waals surface area contributed by atoms with Gasteiger partial charge in [-0.1, -0.05) is 18.2 Å². The molecule has 3 nitrogen and oxygen atoms in total. The number of nitrogens with zero attached hydrogens (tertiary/aromatic N) is 1. The Morgan fingerprint density at radius 2 is 1.72 bits per heavy atom.